The van der Waals surface area contributed by atoms with Crippen LogP contribution in [0, 0.1) is 0 Å². The Morgan fingerprint density at radius 2 is 1.67 bits per heavy atom. The monoisotopic (exact) mass is 398 g/mol. The minimum absolute atomic E-state index is 0.108. The van der Waals surface area contributed by atoms with Crippen LogP contribution in [0.25, 0.3) is 11.1 Å². The third kappa shape index (κ3) is 4.43. The number of benzene rings is 3. The van der Waals surface area contributed by atoms with E-state index in [0.717, 1.165) is 28.8 Å². The van der Waals surface area contributed by atoms with Crippen LogP contribution >= 0.6 is 0 Å². The molecule has 152 valence electrons. The van der Waals surface area contributed by atoms with Crippen molar-refractivity contribution in [1.82, 2.24) is 4.98 Å². The molecule has 0 saturated carbocycles. The molecule has 4 aromatic rings. The van der Waals surface area contributed by atoms with Gasteiger partial charge in [0.1, 0.15) is 5.52 Å². The first kappa shape index (κ1) is 19.9. The Kier molecular flexibility index (Phi) is 5.66. The molecule has 0 radical (unpaired) electrons. The highest BCUT2D eigenvalue weighted by Gasteiger charge is 2.09. The van der Waals surface area contributed by atoms with E-state index in [1.54, 1.807) is 0 Å². The quantitative estimate of drug-likeness (QED) is 0.411. The van der Waals surface area contributed by atoms with Gasteiger partial charge < -0.3 is 9.73 Å². The summed E-state index contributed by atoms with van der Waals surface area (Å²) < 4.78 is 5.87. The van der Waals surface area contributed by atoms with E-state index in [4.69, 9.17) is 4.42 Å². The Morgan fingerprint density at radius 3 is 2.33 bits per heavy atom. The van der Waals surface area contributed by atoms with Crippen molar-refractivity contribution >= 4 is 22.7 Å². The number of fused-ring (bicyclic) bond motifs is 1. The van der Waals surface area contributed by atoms with E-state index in [1.165, 1.54) is 11.1 Å². The fourth-order valence-electron chi connectivity index (χ4n) is 3.42. The lowest BCUT2D eigenvalue weighted by atomic mass is 10.0. The number of hydrogen-bond donors (Lipinski definition) is 1. The van der Waals surface area contributed by atoms with E-state index in [9.17, 15) is 4.79 Å². The van der Waals surface area contributed by atoms with Crippen LogP contribution in [0.4, 0.5) is 5.69 Å². The SMILES string of the molecule is CCc1ccc2oc(Cc3ccc(NC(=O)c4ccc(C(C)C)cc4)cc3)nc2c1. The number of nitrogens with one attached hydrogen (secondary N) is 1. The standard InChI is InChI=1S/C26H26N2O2/c1-4-18-7-14-24-23(15-18)28-25(30-24)16-19-5-12-22(13-6-19)27-26(29)21-10-8-20(9-11-21)17(2)3/h5-15,17H,4,16H2,1-3H3,(H,27,29). The van der Waals surface area contributed by atoms with Gasteiger partial charge in [0.2, 0.25) is 0 Å². The number of amides is 1. The molecule has 0 aliphatic heterocycles. The van der Waals surface area contributed by atoms with Crippen LogP contribution in [0.3, 0.4) is 0 Å². The molecule has 0 aliphatic rings. The van der Waals surface area contributed by atoms with Crippen molar-refractivity contribution in [2.75, 3.05) is 5.32 Å². The molecule has 4 rings (SSSR count). The molecular weight excluding hydrogens is 372 g/mol. The first-order valence-electron chi connectivity index (χ1n) is 10.4. The van der Waals surface area contributed by atoms with Crippen LogP contribution in [-0.2, 0) is 12.8 Å². The Balaban J connectivity index is 1.42. The summed E-state index contributed by atoms with van der Waals surface area (Å²) >= 11 is 0. The average molecular weight is 399 g/mol. The first-order valence-corrected chi connectivity index (χ1v) is 10.4. The van der Waals surface area contributed by atoms with Crippen molar-refractivity contribution in [1.29, 1.82) is 0 Å². The summed E-state index contributed by atoms with van der Waals surface area (Å²) in [5, 5.41) is 2.95. The molecule has 0 unspecified atom stereocenters. The summed E-state index contributed by atoms with van der Waals surface area (Å²) in [6.07, 6.45) is 1.59. The Morgan fingerprint density at radius 1 is 0.967 bits per heavy atom. The van der Waals surface area contributed by atoms with Gasteiger partial charge in [-0.15, -0.1) is 0 Å². The molecule has 0 aliphatic carbocycles. The molecule has 4 heteroatoms. The molecule has 1 amide bonds. The maximum absolute atomic E-state index is 12.5. The van der Waals surface area contributed by atoms with Crippen LogP contribution in [0.2, 0.25) is 0 Å². The van der Waals surface area contributed by atoms with Gasteiger partial charge in [0.15, 0.2) is 11.5 Å². The highest BCUT2D eigenvalue weighted by atomic mass is 16.3. The lowest BCUT2D eigenvalue weighted by Crippen LogP contribution is -2.11. The zero-order valence-electron chi connectivity index (χ0n) is 17.6. The fourth-order valence-corrected chi connectivity index (χ4v) is 3.42. The summed E-state index contributed by atoms with van der Waals surface area (Å²) in [5.41, 5.74) is 6.69. The van der Waals surface area contributed by atoms with E-state index < -0.39 is 0 Å². The van der Waals surface area contributed by atoms with Gasteiger partial charge in [0.25, 0.3) is 5.91 Å². The molecule has 1 aromatic heterocycles. The largest absolute Gasteiger partial charge is 0.440 e. The third-order valence-electron chi connectivity index (χ3n) is 5.31. The van der Waals surface area contributed by atoms with Crippen LogP contribution in [0.5, 0.6) is 0 Å². The molecule has 4 nitrogen and oxygen atoms in total. The molecule has 30 heavy (non-hydrogen) atoms. The lowest BCUT2D eigenvalue weighted by molar-refractivity contribution is 0.102. The summed E-state index contributed by atoms with van der Waals surface area (Å²) in [4.78, 5) is 17.1. The van der Waals surface area contributed by atoms with Crippen molar-refractivity contribution in [3.05, 3.63) is 94.9 Å². The van der Waals surface area contributed by atoms with Crippen molar-refractivity contribution in [2.45, 2.75) is 39.5 Å². The topological polar surface area (TPSA) is 55.1 Å². The van der Waals surface area contributed by atoms with Gasteiger partial charge in [-0.1, -0.05) is 51.1 Å². The first-order chi connectivity index (χ1) is 14.5. The van der Waals surface area contributed by atoms with Gasteiger partial charge >= 0.3 is 0 Å². The number of hydrogen-bond acceptors (Lipinski definition) is 3. The molecule has 1 heterocycles. The van der Waals surface area contributed by atoms with Gasteiger partial charge in [-0.25, -0.2) is 4.98 Å². The maximum atomic E-state index is 12.5. The number of carbonyl (C=O) groups excluding carboxylic acids is 1. The molecule has 0 bridgehead atoms. The molecule has 3 aromatic carbocycles. The number of anilines is 1. The molecule has 1 N–H and O–H groups in total. The van der Waals surface area contributed by atoms with Crippen LogP contribution in [0.1, 0.15) is 59.6 Å². The number of aryl methyl sites for hydroxylation is 1. The third-order valence-corrected chi connectivity index (χ3v) is 5.31. The lowest BCUT2D eigenvalue weighted by Gasteiger charge is -2.08. The van der Waals surface area contributed by atoms with Gasteiger partial charge in [0, 0.05) is 17.7 Å². The summed E-state index contributed by atoms with van der Waals surface area (Å²) in [6, 6.07) is 21.7. The minimum Gasteiger partial charge on any atom is -0.440 e. The van der Waals surface area contributed by atoms with Crippen molar-refractivity contribution in [2.24, 2.45) is 0 Å². The smallest absolute Gasteiger partial charge is 0.255 e. The second-order valence-corrected chi connectivity index (χ2v) is 7.87. The van der Waals surface area contributed by atoms with Gasteiger partial charge in [-0.2, -0.15) is 0 Å². The predicted molar refractivity (Wildman–Crippen MR) is 121 cm³/mol. The fraction of sp³-hybridized carbons (Fsp3) is 0.231. The Labute approximate surface area is 177 Å². The molecular formula is C26H26N2O2. The summed E-state index contributed by atoms with van der Waals surface area (Å²) in [7, 11) is 0. The van der Waals surface area contributed by atoms with Crippen LogP contribution in [-0.4, -0.2) is 10.9 Å². The second-order valence-electron chi connectivity index (χ2n) is 7.87. The number of aromatic nitrogens is 1. The zero-order chi connectivity index (χ0) is 21.1. The van der Waals surface area contributed by atoms with Gasteiger partial charge in [-0.3, -0.25) is 4.79 Å². The summed E-state index contributed by atoms with van der Waals surface area (Å²) in [6.45, 7) is 6.41. The van der Waals surface area contributed by atoms with Gasteiger partial charge in [-0.05, 0) is 65.4 Å². The van der Waals surface area contributed by atoms with E-state index in [1.807, 2.05) is 54.6 Å². The Bertz CT molecular complexity index is 1160. The van der Waals surface area contributed by atoms with E-state index in [0.29, 0.717) is 23.8 Å². The van der Waals surface area contributed by atoms with E-state index in [-0.39, 0.29) is 5.91 Å². The molecule has 0 saturated heterocycles. The summed E-state index contributed by atoms with van der Waals surface area (Å²) in [5.74, 6) is 1.04. The van der Waals surface area contributed by atoms with Crippen LogP contribution in [0.15, 0.2) is 71.1 Å². The number of rotatable bonds is 6. The Hall–Kier alpha value is -3.40. The number of oxazole rings is 1. The minimum atomic E-state index is -0.108. The predicted octanol–water partition coefficient (Wildman–Crippen LogP) is 6.36. The van der Waals surface area contributed by atoms with E-state index >= 15 is 0 Å². The normalized spacial score (nSPS) is 11.2. The average Bonchev–Trinajstić information content (AvgIpc) is 3.16. The molecule has 0 spiro atoms. The van der Waals surface area contributed by atoms with Crippen molar-refractivity contribution in [3.63, 3.8) is 0 Å². The second kappa shape index (κ2) is 8.54. The van der Waals surface area contributed by atoms with Crippen LogP contribution < -0.4 is 5.32 Å². The van der Waals surface area contributed by atoms with Crippen molar-refractivity contribution in [3.8, 4) is 0 Å². The highest BCUT2D eigenvalue weighted by molar-refractivity contribution is 6.04. The van der Waals surface area contributed by atoms with E-state index in [2.05, 4.69) is 43.2 Å². The van der Waals surface area contributed by atoms with Crippen molar-refractivity contribution < 1.29 is 9.21 Å². The molecule has 0 fully saturated rings. The number of nitrogens with zero attached hydrogens (tertiary/aromatic N) is 1. The highest BCUT2D eigenvalue weighted by Crippen LogP contribution is 2.21. The number of carbonyl (C=O) groups is 1. The van der Waals surface area contributed by atoms with Gasteiger partial charge in [0.05, 0.1) is 0 Å². The zero-order valence-corrected chi connectivity index (χ0v) is 17.6. The maximum Gasteiger partial charge on any atom is 0.255 e. The molecule has 0 atom stereocenters.